The van der Waals surface area contributed by atoms with Crippen LogP contribution in [-0.2, 0) is 14.8 Å². The zero-order valence-electron chi connectivity index (χ0n) is 18.2. The second-order valence-corrected chi connectivity index (χ2v) is 9.13. The highest BCUT2D eigenvalue weighted by atomic mass is 32.2. The number of rotatable bonds is 10. The van der Waals surface area contributed by atoms with Crippen molar-refractivity contribution in [3.8, 4) is 11.5 Å². The second-order valence-electron chi connectivity index (χ2n) is 7.42. The first-order valence-electron chi connectivity index (χ1n) is 10.4. The molecule has 0 saturated carbocycles. The van der Waals surface area contributed by atoms with E-state index >= 15 is 0 Å². The van der Waals surface area contributed by atoms with Gasteiger partial charge in [0.05, 0.1) is 18.0 Å². The Balaban J connectivity index is 1.76. The number of carbonyl (C=O) groups excluding carboxylic acids is 1. The molecular formula is C25H27NO5S. The van der Waals surface area contributed by atoms with E-state index in [2.05, 4.69) is 11.3 Å². The summed E-state index contributed by atoms with van der Waals surface area (Å²) in [7, 11) is -2.36. The number of unbranched alkanes of at least 4 members (excludes halogenated alkanes) is 1. The van der Waals surface area contributed by atoms with Crippen molar-refractivity contribution in [2.45, 2.75) is 37.1 Å². The van der Waals surface area contributed by atoms with Crippen LogP contribution in [0.4, 0.5) is 0 Å². The monoisotopic (exact) mass is 453 g/mol. The molecule has 0 unspecified atom stereocenters. The Morgan fingerprint density at radius 1 is 1.00 bits per heavy atom. The van der Waals surface area contributed by atoms with Gasteiger partial charge in [0, 0.05) is 5.57 Å². The highest BCUT2D eigenvalue weighted by molar-refractivity contribution is 7.89. The molecule has 168 valence electrons. The maximum Gasteiger partial charge on any atom is 0.340 e. The third kappa shape index (κ3) is 5.75. The Labute approximate surface area is 188 Å². The lowest BCUT2D eigenvalue weighted by Crippen LogP contribution is -2.39. The van der Waals surface area contributed by atoms with E-state index in [9.17, 15) is 13.2 Å². The van der Waals surface area contributed by atoms with E-state index in [4.69, 9.17) is 9.47 Å². The van der Waals surface area contributed by atoms with Crippen LogP contribution in [0, 0.1) is 0 Å². The lowest BCUT2D eigenvalue weighted by Gasteiger charge is -2.20. The Kier molecular flexibility index (Phi) is 7.66. The molecule has 3 rings (SSSR count). The number of benzene rings is 3. The van der Waals surface area contributed by atoms with Crippen LogP contribution in [-0.4, -0.2) is 27.5 Å². The quantitative estimate of drug-likeness (QED) is 0.270. The lowest BCUT2D eigenvalue weighted by molar-refractivity contribution is -0.130. The molecule has 0 radical (unpaired) electrons. The van der Waals surface area contributed by atoms with E-state index in [1.54, 1.807) is 24.3 Å². The van der Waals surface area contributed by atoms with Gasteiger partial charge in [-0.3, -0.25) is 0 Å². The van der Waals surface area contributed by atoms with Crippen LogP contribution in [0.5, 0.6) is 11.5 Å². The molecule has 0 aliphatic rings. The largest absolute Gasteiger partial charge is 0.497 e. The molecule has 7 heteroatoms. The van der Waals surface area contributed by atoms with Gasteiger partial charge in [0.25, 0.3) is 0 Å². The first-order valence-corrected chi connectivity index (χ1v) is 11.9. The van der Waals surface area contributed by atoms with Crippen LogP contribution >= 0.6 is 0 Å². The molecule has 0 spiro atoms. The average Bonchev–Trinajstić information content (AvgIpc) is 2.81. The van der Waals surface area contributed by atoms with E-state index in [1.807, 2.05) is 37.3 Å². The summed E-state index contributed by atoms with van der Waals surface area (Å²) >= 11 is 0. The second kappa shape index (κ2) is 10.4. The van der Waals surface area contributed by atoms with Gasteiger partial charge < -0.3 is 9.47 Å². The van der Waals surface area contributed by atoms with E-state index < -0.39 is 22.0 Å². The fourth-order valence-electron chi connectivity index (χ4n) is 3.27. The van der Waals surface area contributed by atoms with Gasteiger partial charge in [0.1, 0.15) is 11.5 Å². The topological polar surface area (TPSA) is 81.7 Å². The molecule has 3 aromatic carbocycles. The summed E-state index contributed by atoms with van der Waals surface area (Å²) < 4.78 is 39.0. The summed E-state index contributed by atoms with van der Waals surface area (Å²) in [5.74, 6) is 0.260. The lowest BCUT2D eigenvalue weighted by atomic mass is 10.0. The molecule has 0 bridgehead atoms. The third-order valence-corrected chi connectivity index (χ3v) is 6.62. The van der Waals surface area contributed by atoms with Crippen LogP contribution < -0.4 is 14.2 Å². The molecule has 0 aromatic heterocycles. The molecular weight excluding hydrogens is 426 g/mol. The summed E-state index contributed by atoms with van der Waals surface area (Å²) in [4.78, 5) is 12.9. The summed E-state index contributed by atoms with van der Waals surface area (Å²) in [5, 5.41) is 1.96. The number of ether oxygens (including phenoxy) is 2. The van der Waals surface area contributed by atoms with Crippen molar-refractivity contribution in [1.82, 2.24) is 4.72 Å². The van der Waals surface area contributed by atoms with Crippen molar-refractivity contribution in [2.75, 3.05) is 7.11 Å². The standard InChI is InChI=1S/C25H27NO5S/c1-4-5-10-24(26-32(28,29)23-15-13-21(30-3)14-16-23)18(2)25(27)31-22-12-11-19-8-6-7-9-20(19)17-22/h6-9,11-17,24,26H,2,4-5,10H2,1,3H3/t24-/m0/s1. The minimum atomic E-state index is -3.87. The van der Waals surface area contributed by atoms with Gasteiger partial charge in [0.15, 0.2) is 0 Å². The summed E-state index contributed by atoms with van der Waals surface area (Å²) in [5.41, 5.74) is 0.0590. The SMILES string of the molecule is C=C(C(=O)Oc1ccc2ccccc2c1)[C@H](CCCC)NS(=O)(=O)c1ccc(OC)cc1. The first kappa shape index (κ1) is 23.5. The normalized spacial score (nSPS) is 12.3. The average molecular weight is 454 g/mol. The fraction of sp³-hybridized carbons (Fsp3) is 0.240. The number of nitrogens with one attached hydrogen (secondary N) is 1. The predicted molar refractivity (Wildman–Crippen MR) is 125 cm³/mol. The molecule has 0 saturated heterocycles. The fourth-order valence-corrected chi connectivity index (χ4v) is 4.53. The highest BCUT2D eigenvalue weighted by Crippen LogP contribution is 2.23. The molecule has 0 aliphatic carbocycles. The van der Waals surface area contributed by atoms with Gasteiger partial charge in [-0.05, 0) is 53.6 Å². The molecule has 0 fully saturated rings. The third-order valence-electron chi connectivity index (χ3n) is 5.13. The Morgan fingerprint density at radius 2 is 1.66 bits per heavy atom. The number of sulfonamides is 1. The Bertz CT molecular complexity index is 1200. The van der Waals surface area contributed by atoms with Crippen LogP contribution in [0.2, 0.25) is 0 Å². The number of carbonyl (C=O) groups is 1. The van der Waals surface area contributed by atoms with Crippen LogP contribution in [0.1, 0.15) is 26.2 Å². The van der Waals surface area contributed by atoms with Crippen molar-refractivity contribution in [3.63, 3.8) is 0 Å². The number of hydrogen-bond donors (Lipinski definition) is 1. The van der Waals surface area contributed by atoms with Crippen molar-refractivity contribution >= 4 is 26.8 Å². The predicted octanol–water partition coefficient (Wildman–Crippen LogP) is 4.85. The van der Waals surface area contributed by atoms with Crippen LogP contribution in [0.15, 0.2) is 83.8 Å². The Morgan fingerprint density at radius 3 is 2.31 bits per heavy atom. The van der Waals surface area contributed by atoms with Gasteiger partial charge in [-0.25, -0.2) is 17.9 Å². The zero-order valence-corrected chi connectivity index (χ0v) is 19.0. The van der Waals surface area contributed by atoms with Gasteiger partial charge in [0.2, 0.25) is 10.0 Å². The molecule has 32 heavy (non-hydrogen) atoms. The highest BCUT2D eigenvalue weighted by Gasteiger charge is 2.26. The number of esters is 1. The van der Waals surface area contributed by atoms with E-state index in [1.165, 1.54) is 19.2 Å². The van der Waals surface area contributed by atoms with Crippen molar-refractivity contribution < 1.29 is 22.7 Å². The maximum absolute atomic E-state index is 12.9. The first-order chi connectivity index (χ1) is 15.3. The minimum absolute atomic E-state index is 0.0590. The molecule has 1 atom stereocenters. The van der Waals surface area contributed by atoms with Gasteiger partial charge in [-0.15, -0.1) is 0 Å². The molecule has 0 aliphatic heterocycles. The van der Waals surface area contributed by atoms with Crippen molar-refractivity contribution in [1.29, 1.82) is 0 Å². The van der Waals surface area contributed by atoms with Crippen molar-refractivity contribution in [2.24, 2.45) is 0 Å². The van der Waals surface area contributed by atoms with Gasteiger partial charge >= 0.3 is 5.97 Å². The number of fused-ring (bicyclic) bond motifs is 1. The number of hydrogen-bond acceptors (Lipinski definition) is 5. The van der Waals surface area contributed by atoms with E-state index in [0.717, 1.165) is 23.6 Å². The van der Waals surface area contributed by atoms with E-state index in [0.29, 0.717) is 17.9 Å². The zero-order chi connectivity index (χ0) is 23.1. The molecule has 1 N–H and O–H groups in total. The Hall–Kier alpha value is -3.16. The van der Waals surface area contributed by atoms with Gasteiger partial charge in [-0.1, -0.05) is 56.7 Å². The summed E-state index contributed by atoms with van der Waals surface area (Å²) in [6.07, 6.45) is 1.99. The molecule has 6 nitrogen and oxygen atoms in total. The minimum Gasteiger partial charge on any atom is -0.497 e. The summed E-state index contributed by atoms with van der Waals surface area (Å²) in [6.45, 7) is 5.84. The summed E-state index contributed by atoms with van der Waals surface area (Å²) in [6, 6.07) is 18.3. The molecule has 3 aromatic rings. The van der Waals surface area contributed by atoms with Gasteiger partial charge in [-0.2, -0.15) is 0 Å². The molecule has 0 amide bonds. The van der Waals surface area contributed by atoms with Crippen LogP contribution in [0.3, 0.4) is 0 Å². The van der Waals surface area contributed by atoms with E-state index in [-0.39, 0.29) is 10.5 Å². The number of methoxy groups -OCH3 is 1. The maximum atomic E-state index is 12.9. The molecule has 0 heterocycles. The smallest absolute Gasteiger partial charge is 0.340 e. The van der Waals surface area contributed by atoms with Crippen LogP contribution in [0.25, 0.3) is 10.8 Å². The van der Waals surface area contributed by atoms with Crippen molar-refractivity contribution in [3.05, 3.63) is 78.9 Å².